The van der Waals surface area contributed by atoms with Gasteiger partial charge in [-0.1, -0.05) is 30.8 Å². The van der Waals surface area contributed by atoms with Crippen LogP contribution in [0.25, 0.3) is 10.2 Å². The van der Waals surface area contributed by atoms with E-state index in [0.717, 1.165) is 16.4 Å². The van der Waals surface area contributed by atoms with E-state index in [0.29, 0.717) is 38.1 Å². The summed E-state index contributed by atoms with van der Waals surface area (Å²) in [5.74, 6) is -0.869. The first kappa shape index (κ1) is 29.3. The number of fused-ring (bicyclic) bond motifs is 1. The number of aromatic nitrogens is 2. The molecule has 0 bridgehead atoms. The zero-order chi connectivity index (χ0) is 28.6. The number of carbonyl (C=O) groups excluding carboxylic acids is 3. The second-order valence-corrected chi connectivity index (χ2v) is 11.2. The minimum absolute atomic E-state index is 0.157. The average Bonchev–Trinajstić information content (AvgIpc) is 3.42. The Kier molecular flexibility index (Phi) is 9.96. The second kappa shape index (κ2) is 13.6. The number of para-hydroxylation sites is 1. The van der Waals surface area contributed by atoms with Gasteiger partial charge in [-0.05, 0) is 77.1 Å². The van der Waals surface area contributed by atoms with Gasteiger partial charge in [0, 0.05) is 5.69 Å². The van der Waals surface area contributed by atoms with E-state index in [1.54, 1.807) is 60.8 Å². The summed E-state index contributed by atoms with van der Waals surface area (Å²) in [6.45, 7) is 3.47. The number of carbonyl (C=O) groups is 3. The zero-order valence-electron chi connectivity index (χ0n) is 21.5. The molecule has 0 aliphatic carbocycles. The third-order valence-electron chi connectivity index (χ3n) is 5.46. The molecule has 10 nitrogen and oxygen atoms in total. The van der Waals surface area contributed by atoms with E-state index >= 15 is 0 Å². The smallest absolute Gasteiger partial charge is 0.338 e. The summed E-state index contributed by atoms with van der Waals surface area (Å²) >= 11 is 5.63. The Balaban J connectivity index is 1.51. The Labute approximate surface area is 246 Å². The number of nitrogens with zero attached hydrogens (tertiary/aromatic N) is 2. The predicted octanol–water partition coefficient (Wildman–Crippen LogP) is 5.06. The summed E-state index contributed by atoms with van der Waals surface area (Å²) in [4.78, 5) is 55.6. The topological polar surface area (TPSA) is 129 Å². The highest BCUT2D eigenvalue weighted by Crippen LogP contribution is 2.27. The molecule has 0 saturated heterocycles. The van der Waals surface area contributed by atoms with Gasteiger partial charge >= 0.3 is 5.97 Å². The van der Waals surface area contributed by atoms with Crippen LogP contribution in [-0.4, -0.2) is 45.9 Å². The molecule has 2 heterocycles. The van der Waals surface area contributed by atoms with Crippen LogP contribution in [0.5, 0.6) is 5.75 Å². The quantitative estimate of drug-likeness (QED) is 0.132. The van der Waals surface area contributed by atoms with E-state index in [-0.39, 0.29) is 24.3 Å². The molecule has 40 heavy (non-hydrogen) atoms. The number of benzene rings is 2. The lowest BCUT2D eigenvalue weighted by Gasteiger charge is -2.18. The van der Waals surface area contributed by atoms with Crippen molar-refractivity contribution in [2.75, 3.05) is 24.0 Å². The van der Waals surface area contributed by atoms with Gasteiger partial charge in [0.15, 0.2) is 11.8 Å². The van der Waals surface area contributed by atoms with E-state index in [1.165, 1.54) is 11.3 Å². The lowest BCUT2D eigenvalue weighted by Crippen LogP contribution is -2.37. The number of hydrogen-bond acceptors (Lipinski definition) is 9. The normalized spacial score (nSPS) is 11.6. The SMILES string of the molecule is CCOC(=O)c1ccc(NC(=O)C(CC)Sc2nc3ccsc3c(=O)n2NC(=O)COc2ccccc2Br)cc1. The molecule has 0 fully saturated rings. The van der Waals surface area contributed by atoms with Crippen LogP contribution in [0.4, 0.5) is 5.69 Å². The zero-order valence-corrected chi connectivity index (χ0v) is 24.7. The Morgan fingerprint density at radius 3 is 2.55 bits per heavy atom. The molecule has 1 unspecified atom stereocenters. The minimum atomic E-state index is -0.646. The van der Waals surface area contributed by atoms with Gasteiger partial charge in [0.1, 0.15) is 10.4 Å². The van der Waals surface area contributed by atoms with Crippen LogP contribution in [-0.2, 0) is 14.3 Å². The first-order valence-electron chi connectivity index (χ1n) is 12.2. The number of amides is 2. The Morgan fingerprint density at radius 1 is 1.10 bits per heavy atom. The maximum atomic E-state index is 13.3. The Hall–Kier alpha value is -3.68. The van der Waals surface area contributed by atoms with Crippen LogP contribution >= 0.6 is 39.0 Å². The summed E-state index contributed by atoms with van der Waals surface area (Å²) in [7, 11) is 0. The molecule has 208 valence electrons. The molecule has 13 heteroatoms. The van der Waals surface area contributed by atoms with Crippen molar-refractivity contribution in [2.45, 2.75) is 30.7 Å². The highest BCUT2D eigenvalue weighted by molar-refractivity contribution is 9.10. The van der Waals surface area contributed by atoms with Crippen LogP contribution < -0.4 is 21.0 Å². The van der Waals surface area contributed by atoms with Crippen molar-refractivity contribution in [3.63, 3.8) is 0 Å². The number of thiophene rings is 1. The minimum Gasteiger partial charge on any atom is -0.483 e. The van der Waals surface area contributed by atoms with Gasteiger partial charge in [-0.3, -0.25) is 19.8 Å². The van der Waals surface area contributed by atoms with Gasteiger partial charge < -0.3 is 14.8 Å². The van der Waals surface area contributed by atoms with Crippen LogP contribution in [0, 0.1) is 0 Å². The molecule has 0 saturated carbocycles. The first-order chi connectivity index (χ1) is 19.3. The third kappa shape index (κ3) is 7.09. The van der Waals surface area contributed by atoms with Gasteiger partial charge in [-0.15, -0.1) is 11.3 Å². The largest absolute Gasteiger partial charge is 0.483 e. The van der Waals surface area contributed by atoms with Crippen molar-refractivity contribution in [1.29, 1.82) is 0 Å². The number of esters is 1. The maximum Gasteiger partial charge on any atom is 0.338 e. The van der Waals surface area contributed by atoms with Crippen molar-refractivity contribution in [2.24, 2.45) is 0 Å². The molecular formula is C27H25BrN4O6S2. The number of rotatable bonds is 11. The molecule has 1 atom stereocenters. The highest BCUT2D eigenvalue weighted by Gasteiger charge is 2.24. The molecule has 0 aliphatic rings. The van der Waals surface area contributed by atoms with Crippen molar-refractivity contribution < 1.29 is 23.9 Å². The van der Waals surface area contributed by atoms with Crippen LogP contribution in [0.2, 0.25) is 0 Å². The van der Waals surface area contributed by atoms with Gasteiger partial charge in [0.25, 0.3) is 11.5 Å². The van der Waals surface area contributed by atoms with Crippen LogP contribution in [0.3, 0.4) is 0 Å². The summed E-state index contributed by atoms with van der Waals surface area (Å²) in [6.07, 6.45) is 0.411. The van der Waals surface area contributed by atoms with E-state index in [4.69, 9.17) is 9.47 Å². The molecule has 0 radical (unpaired) electrons. The van der Waals surface area contributed by atoms with Crippen molar-refractivity contribution in [1.82, 2.24) is 9.66 Å². The summed E-state index contributed by atoms with van der Waals surface area (Å²) in [6, 6.07) is 15.1. The van der Waals surface area contributed by atoms with Crippen LogP contribution in [0.1, 0.15) is 30.6 Å². The number of ether oxygens (including phenoxy) is 2. The molecule has 4 rings (SSSR count). The Morgan fingerprint density at radius 2 is 1.85 bits per heavy atom. The first-order valence-corrected chi connectivity index (χ1v) is 14.8. The van der Waals surface area contributed by atoms with Crippen molar-refractivity contribution >= 4 is 72.7 Å². The number of halogens is 1. The number of hydrogen-bond donors (Lipinski definition) is 2. The molecule has 0 spiro atoms. The highest BCUT2D eigenvalue weighted by atomic mass is 79.9. The van der Waals surface area contributed by atoms with E-state index in [2.05, 4.69) is 31.7 Å². The molecule has 0 aliphatic heterocycles. The monoisotopic (exact) mass is 644 g/mol. The van der Waals surface area contributed by atoms with Crippen molar-refractivity contribution in [3.05, 3.63) is 80.4 Å². The lowest BCUT2D eigenvalue weighted by molar-refractivity contribution is -0.119. The van der Waals surface area contributed by atoms with E-state index < -0.39 is 22.7 Å². The molecular weight excluding hydrogens is 620 g/mol. The Bertz CT molecular complexity index is 1590. The van der Waals surface area contributed by atoms with Gasteiger partial charge in [0.05, 0.1) is 27.4 Å². The molecule has 4 aromatic rings. The summed E-state index contributed by atoms with van der Waals surface area (Å²) < 4.78 is 12.7. The fourth-order valence-electron chi connectivity index (χ4n) is 3.51. The van der Waals surface area contributed by atoms with Gasteiger partial charge in [0.2, 0.25) is 5.91 Å². The van der Waals surface area contributed by atoms with Gasteiger partial charge in [-0.25, -0.2) is 9.78 Å². The molecule has 2 aromatic heterocycles. The van der Waals surface area contributed by atoms with Crippen LogP contribution in [0.15, 0.2) is 74.4 Å². The van der Waals surface area contributed by atoms with Crippen molar-refractivity contribution in [3.8, 4) is 5.75 Å². The molecule has 2 amide bonds. The van der Waals surface area contributed by atoms with Gasteiger partial charge in [-0.2, -0.15) is 4.68 Å². The maximum absolute atomic E-state index is 13.3. The number of nitrogens with one attached hydrogen (secondary N) is 2. The predicted molar refractivity (Wildman–Crippen MR) is 159 cm³/mol. The second-order valence-electron chi connectivity index (χ2n) is 8.23. The summed E-state index contributed by atoms with van der Waals surface area (Å²) in [5, 5.41) is 4.07. The molecule has 2 N–H and O–H groups in total. The fraction of sp³-hybridized carbons (Fsp3) is 0.222. The van der Waals surface area contributed by atoms with E-state index in [9.17, 15) is 19.2 Å². The van der Waals surface area contributed by atoms with E-state index in [1.807, 2.05) is 13.0 Å². The lowest BCUT2D eigenvalue weighted by atomic mass is 10.2. The summed E-state index contributed by atoms with van der Waals surface area (Å²) in [5.41, 5.74) is 3.45. The number of thioether (sulfide) groups is 1. The average molecular weight is 646 g/mol. The third-order valence-corrected chi connectivity index (χ3v) is 8.32. The fourth-order valence-corrected chi connectivity index (χ4v) is 5.64. The molecule has 2 aromatic carbocycles. The standard InChI is InChI=1S/C27H25BrN4O6S2/c1-3-21(24(34)29-17-11-9-16(10-12-17)26(36)37-4-2)40-27-30-19-13-14-39-23(19)25(35)32(27)31-22(33)15-38-20-8-6-5-7-18(20)28/h5-14,21H,3-4,15H2,1-2H3,(H,29,34)(H,31,33). The number of anilines is 1.